The number of nitrogens with zero attached hydrogens (tertiary/aromatic N) is 3. The SMILES string of the molecule is FC1(F)CCCC(Nc2ncnc3nc[nH]c23)C1. The van der Waals surface area contributed by atoms with Gasteiger partial charge in [0.05, 0.1) is 6.33 Å². The molecule has 0 bridgehead atoms. The smallest absolute Gasteiger partial charge is 0.250 e. The zero-order valence-electron chi connectivity index (χ0n) is 9.66. The van der Waals surface area contributed by atoms with Crippen molar-refractivity contribution in [1.82, 2.24) is 19.9 Å². The van der Waals surface area contributed by atoms with Gasteiger partial charge in [-0.05, 0) is 12.8 Å². The second-order valence-corrected chi connectivity index (χ2v) is 4.62. The van der Waals surface area contributed by atoms with Crippen molar-refractivity contribution >= 4 is 17.0 Å². The topological polar surface area (TPSA) is 66.5 Å². The molecule has 1 saturated carbocycles. The number of aromatic amines is 1. The van der Waals surface area contributed by atoms with Gasteiger partial charge in [0.2, 0.25) is 5.92 Å². The molecular formula is C11H13F2N5. The highest BCUT2D eigenvalue weighted by molar-refractivity contribution is 5.82. The normalized spacial score (nSPS) is 23.1. The first kappa shape index (κ1) is 11.3. The monoisotopic (exact) mass is 253 g/mol. The van der Waals surface area contributed by atoms with Crippen LogP contribution in [0, 0.1) is 0 Å². The molecule has 0 saturated heterocycles. The highest BCUT2D eigenvalue weighted by Crippen LogP contribution is 2.34. The summed E-state index contributed by atoms with van der Waals surface area (Å²) in [5.74, 6) is -2.03. The molecule has 1 unspecified atom stereocenters. The van der Waals surface area contributed by atoms with E-state index in [1.165, 1.54) is 12.7 Å². The molecule has 0 spiro atoms. The van der Waals surface area contributed by atoms with Crippen LogP contribution in [0.5, 0.6) is 0 Å². The number of anilines is 1. The van der Waals surface area contributed by atoms with E-state index in [0.29, 0.717) is 23.4 Å². The fraction of sp³-hybridized carbons (Fsp3) is 0.545. The first-order chi connectivity index (χ1) is 8.64. The summed E-state index contributed by atoms with van der Waals surface area (Å²) in [4.78, 5) is 15.0. The molecule has 1 atom stereocenters. The second-order valence-electron chi connectivity index (χ2n) is 4.62. The fourth-order valence-electron chi connectivity index (χ4n) is 2.36. The van der Waals surface area contributed by atoms with E-state index in [9.17, 15) is 8.78 Å². The Hall–Kier alpha value is -1.79. The number of aromatic nitrogens is 4. The third-order valence-electron chi connectivity index (χ3n) is 3.20. The Morgan fingerprint density at radius 3 is 3.06 bits per heavy atom. The van der Waals surface area contributed by atoms with Gasteiger partial charge in [0, 0.05) is 18.9 Å². The van der Waals surface area contributed by atoms with Gasteiger partial charge in [-0.25, -0.2) is 23.7 Å². The molecule has 0 aliphatic heterocycles. The van der Waals surface area contributed by atoms with E-state index in [0.717, 1.165) is 6.42 Å². The van der Waals surface area contributed by atoms with Crippen LogP contribution >= 0.6 is 0 Å². The summed E-state index contributed by atoms with van der Waals surface area (Å²) in [6, 6.07) is -0.254. The highest BCUT2D eigenvalue weighted by atomic mass is 19.3. The zero-order chi connectivity index (χ0) is 12.6. The first-order valence-electron chi connectivity index (χ1n) is 5.92. The summed E-state index contributed by atoms with van der Waals surface area (Å²) in [5.41, 5.74) is 1.20. The fourth-order valence-corrected chi connectivity index (χ4v) is 2.36. The maximum atomic E-state index is 13.3. The van der Waals surface area contributed by atoms with E-state index >= 15 is 0 Å². The Morgan fingerprint density at radius 1 is 1.33 bits per heavy atom. The minimum Gasteiger partial charge on any atom is -0.365 e. The molecule has 96 valence electrons. The summed E-state index contributed by atoms with van der Waals surface area (Å²) in [5, 5.41) is 3.06. The summed E-state index contributed by atoms with van der Waals surface area (Å²) in [7, 11) is 0. The lowest BCUT2D eigenvalue weighted by molar-refractivity contribution is -0.0373. The molecule has 2 aromatic rings. The third kappa shape index (κ3) is 2.12. The number of hydrogen-bond donors (Lipinski definition) is 2. The molecular weight excluding hydrogens is 240 g/mol. The van der Waals surface area contributed by atoms with E-state index in [2.05, 4.69) is 25.3 Å². The van der Waals surface area contributed by atoms with Crippen molar-refractivity contribution in [2.45, 2.75) is 37.6 Å². The number of halogens is 2. The van der Waals surface area contributed by atoms with E-state index in [-0.39, 0.29) is 18.9 Å². The van der Waals surface area contributed by atoms with Crippen molar-refractivity contribution in [3.8, 4) is 0 Å². The lowest BCUT2D eigenvalue weighted by Crippen LogP contribution is -2.34. The summed E-state index contributed by atoms with van der Waals surface area (Å²) >= 11 is 0. The highest BCUT2D eigenvalue weighted by Gasteiger charge is 2.36. The van der Waals surface area contributed by atoms with Crippen LogP contribution in [0.25, 0.3) is 11.2 Å². The van der Waals surface area contributed by atoms with E-state index in [1.807, 2.05) is 0 Å². The van der Waals surface area contributed by atoms with Gasteiger partial charge in [0.15, 0.2) is 11.5 Å². The number of rotatable bonds is 2. The number of H-pyrrole nitrogens is 1. The van der Waals surface area contributed by atoms with Crippen molar-refractivity contribution in [2.75, 3.05) is 5.32 Å². The minimum absolute atomic E-state index is 0.0194. The molecule has 2 aromatic heterocycles. The van der Waals surface area contributed by atoms with E-state index in [1.54, 1.807) is 0 Å². The van der Waals surface area contributed by atoms with E-state index in [4.69, 9.17) is 0 Å². The molecule has 0 amide bonds. The Bertz CT molecular complexity index is 553. The lowest BCUT2D eigenvalue weighted by atomic mass is 9.92. The Balaban J connectivity index is 1.82. The van der Waals surface area contributed by atoms with Gasteiger partial charge in [0.1, 0.15) is 11.8 Å². The molecule has 0 radical (unpaired) electrons. The van der Waals surface area contributed by atoms with Crippen molar-refractivity contribution < 1.29 is 8.78 Å². The van der Waals surface area contributed by atoms with Crippen LogP contribution in [0.4, 0.5) is 14.6 Å². The van der Waals surface area contributed by atoms with Gasteiger partial charge in [-0.15, -0.1) is 0 Å². The van der Waals surface area contributed by atoms with Gasteiger partial charge in [0.25, 0.3) is 0 Å². The van der Waals surface area contributed by atoms with Gasteiger partial charge >= 0.3 is 0 Å². The van der Waals surface area contributed by atoms with Crippen LogP contribution in [0.2, 0.25) is 0 Å². The van der Waals surface area contributed by atoms with Crippen LogP contribution in [0.15, 0.2) is 12.7 Å². The van der Waals surface area contributed by atoms with Crippen molar-refractivity contribution in [1.29, 1.82) is 0 Å². The average Bonchev–Trinajstić information content (AvgIpc) is 2.77. The molecule has 5 nitrogen and oxygen atoms in total. The molecule has 2 N–H and O–H groups in total. The van der Waals surface area contributed by atoms with Gasteiger partial charge in [-0.1, -0.05) is 0 Å². The van der Waals surface area contributed by atoms with Crippen LogP contribution in [-0.4, -0.2) is 31.9 Å². The summed E-state index contributed by atoms with van der Waals surface area (Å²) < 4.78 is 26.6. The molecule has 3 rings (SSSR count). The number of alkyl halides is 2. The van der Waals surface area contributed by atoms with Gasteiger partial charge < -0.3 is 10.3 Å². The number of imidazole rings is 1. The van der Waals surface area contributed by atoms with Crippen molar-refractivity contribution in [3.05, 3.63) is 12.7 Å². The number of hydrogen-bond acceptors (Lipinski definition) is 4. The lowest BCUT2D eigenvalue weighted by Gasteiger charge is -2.29. The Labute approximate surface area is 102 Å². The van der Waals surface area contributed by atoms with Crippen LogP contribution in [0.1, 0.15) is 25.7 Å². The van der Waals surface area contributed by atoms with Crippen LogP contribution in [-0.2, 0) is 0 Å². The predicted octanol–water partition coefficient (Wildman–Crippen LogP) is 2.34. The standard InChI is InChI=1S/C11H13F2N5/c12-11(13)3-1-2-7(4-11)18-10-8-9(15-5-14-8)16-6-17-10/h5-7H,1-4H2,(H2,14,15,16,17,18). The third-order valence-corrected chi connectivity index (χ3v) is 3.20. The van der Waals surface area contributed by atoms with Gasteiger partial charge in [-0.2, -0.15) is 0 Å². The summed E-state index contributed by atoms with van der Waals surface area (Å²) in [6.07, 6.45) is 3.99. The van der Waals surface area contributed by atoms with Crippen LogP contribution < -0.4 is 5.32 Å². The maximum Gasteiger partial charge on any atom is 0.250 e. The molecule has 0 aromatic carbocycles. The van der Waals surface area contributed by atoms with E-state index < -0.39 is 5.92 Å². The van der Waals surface area contributed by atoms with Crippen molar-refractivity contribution in [3.63, 3.8) is 0 Å². The Kier molecular flexibility index (Phi) is 2.61. The molecule has 7 heteroatoms. The summed E-state index contributed by atoms with van der Waals surface area (Å²) in [6.45, 7) is 0. The van der Waals surface area contributed by atoms with Crippen LogP contribution in [0.3, 0.4) is 0 Å². The second kappa shape index (κ2) is 4.15. The number of fused-ring (bicyclic) bond motifs is 1. The largest absolute Gasteiger partial charge is 0.365 e. The predicted molar refractivity (Wildman–Crippen MR) is 62.5 cm³/mol. The molecule has 2 heterocycles. The molecule has 1 fully saturated rings. The van der Waals surface area contributed by atoms with Gasteiger partial charge in [-0.3, -0.25) is 0 Å². The number of nitrogens with one attached hydrogen (secondary N) is 2. The quantitative estimate of drug-likeness (QED) is 0.862. The maximum absolute atomic E-state index is 13.3. The molecule has 1 aliphatic rings. The first-order valence-corrected chi connectivity index (χ1v) is 5.92. The van der Waals surface area contributed by atoms with Crippen molar-refractivity contribution in [2.24, 2.45) is 0 Å². The Morgan fingerprint density at radius 2 is 2.22 bits per heavy atom. The zero-order valence-corrected chi connectivity index (χ0v) is 9.66. The average molecular weight is 253 g/mol. The minimum atomic E-state index is -2.57. The molecule has 1 aliphatic carbocycles. The molecule has 18 heavy (non-hydrogen) atoms.